The molecule has 21 heteroatoms. The Hall–Kier alpha value is -6.81. The van der Waals surface area contributed by atoms with Crippen LogP contribution in [0.15, 0.2) is 113 Å². The third kappa shape index (κ3) is 12.4. The molecule has 1 heterocycles. The van der Waals surface area contributed by atoms with Crippen LogP contribution in [-0.2, 0) is 39.5 Å². The molecule has 0 atom stereocenters. The first-order chi connectivity index (χ1) is 31.8. The number of nitrogens with one attached hydrogen (secondary N) is 2. The van der Waals surface area contributed by atoms with E-state index in [-0.39, 0.29) is 72.2 Å². The Bertz CT molecular complexity index is 2880. The highest BCUT2D eigenvalue weighted by molar-refractivity contribution is 7.93. The summed E-state index contributed by atoms with van der Waals surface area (Å²) < 4.78 is 79.0. The lowest BCUT2D eigenvalue weighted by Crippen LogP contribution is -2.34. The van der Waals surface area contributed by atoms with Gasteiger partial charge in [0.15, 0.2) is 9.84 Å². The quantitative estimate of drug-likeness (QED) is 0.0358. The zero-order valence-electron chi connectivity index (χ0n) is 38.0. The number of nitrogens with zero attached hydrogens (tertiary/aromatic N) is 5. The summed E-state index contributed by atoms with van der Waals surface area (Å²) in [5.74, 6) is 0.517. The van der Waals surface area contributed by atoms with Crippen LogP contribution >= 0.6 is 0 Å². The lowest BCUT2D eigenvalue weighted by Gasteiger charge is -2.27. The molecule has 5 N–H and O–H groups in total. The second kappa shape index (κ2) is 21.2. The van der Waals surface area contributed by atoms with Crippen molar-refractivity contribution in [2.45, 2.75) is 55.1 Å². The molecule has 0 spiro atoms. The number of anilines is 1. The summed E-state index contributed by atoms with van der Waals surface area (Å²) >= 11 is 0. The number of carbonyl (C=O) groups excluding carboxylic acids is 1. The van der Waals surface area contributed by atoms with E-state index in [0.717, 1.165) is 5.56 Å². The minimum absolute atomic E-state index is 0.00762. The van der Waals surface area contributed by atoms with Gasteiger partial charge in [-0.2, -0.15) is 9.10 Å². The van der Waals surface area contributed by atoms with Crippen LogP contribution in [0.4, 0.5) is 10.5 Å². The van der Waals surface area contributed by atoms with Crippen LogP contribution in [-0.4, -0.2) is 107 Å². The Kier molecular flexibility index (Phi) is 15.7. The molecule has 2 amide bonds. The molecule has 0 saturated carbocycles. The number of sulfonamides is 1. The van der Waals surface area contributed by atoms with Crippen molar-refractivity contribution in [2.75, 3.05) is 45.9 Å². The van der Waals surface area contributed by atoms with E-state index < -0.39 is 49.7 Å². The standard InChI is InChI=1S/C46H54N8O10S2Si/c1-62-34-16-10-31(11-17-34)28-53(29-32-12-18-35(63-2)19-13-32)66(60,61)43-40(65(58,59)26-27-67(4,5)6)23-22-37(38-8-7-9-39(42(38)47)45(55)48-24-25-49-46(56)57)41(43)44-50-52-54(51-44)30-33-14-20-36(64-3)21-15-33/h7-23,49H,24-30,47H2,1-6H3,(H,48,55)(H,56,57). The van der Waals surface area contributed by atoms with Crippen molar-refractivity contribution < 1.29 is 45.7 Å². The summed E-state index contributed by atoms with van der Waals surface area (Å²) in [6.07, 6.45) is -1.26. The molecule has 0 unspecified atom stereocenters. The topological polar surface area (TPSA) is 247 Å². The molecule has 0 fully saturated rings. The highest BCUT2D eigenvalue weighted by Gasteiger charge is 2.38. The Morgan fingerprint density at radius 2 is 1.27 bits per heavy atom. The van der Waals surface area contributed by atoms with E-state index in [1.807, 2.05) is 19.6 Å². The number of methoxy groups -OCH3 is 3. The number of nitrogens with two attached hydrogens (primary N) is 1. The summed E-state index contributed by atoms with van der Waals surface area (Å²) in [6.45, 7) is 5.62. The third-order valence-corrected chi connectivity index (χ3v) is 16.6. The fourth-order valence-electron chi connectivity index (χ4n) is 7.03. The summed E-state index contributed by atoms with van der Waals surface area (Å²) in [6, 6.07) is 28.4. The van der Waals surface area contributed by atoms with Gasteiger partial charge in [0.1, 0.15) is 22.1 Å². The second-order valence-electron chi connectivity index (χ2n) is 16.7. The molecule has 1 aromatic heterocycles. The first-order valence-corrected chi connectivity index (χ1v) is 27.8. The fourth-order valence-corrected chi connectivity index (χ4v) is 13.8. The number of benzene rings is 5. The normalized spacial score (nSPS) is 11.9. The number of carboxylic acid groups (broad SMARTS) is 1. The average Bonchev–Trinajstić information content (AvgIpc) is 3.77. The fraction of sp³-hybridized carbons (Fsp3) is 0.283. The lowest BCUT2D eigenvalue weighted by molar-refractivity contribution is 0.0954. The number of aromatic nitrogens is 4. The van der Waals surface area contributed by atoms with Gasteiger partial charge < -0.3 is 35.7 Å². The number of amides is 2. The average molecular weight is 971 g/mol. The Balaban J connectivity index is 1.64. The number of hydrogen-bond acceptors (Lipinski definition) is 13. The molecule has 6 rings (SSSR count). The van der Waals surface area contributed by atoms with Gasteiger partial charge in [-0.1, -0.05) is 74.2 Å². The summed E-state index contributed by atoms with van der Waals surface area (Å²) in [4.78, 5) is 24.8. The number of sulfone groups is 1. The Morgan fingerprint density at radius 1 is 0.731 bits per heavy atom. The lowest BCUT2D eigenvalue weighted by atomic mass is 9.95. The third-order valence-electron chi connectivity index (χ3n) is 10.7. The second-order valence-corrected chi connectivity index (χ2v) is 26.2. The van der Waals surface area contributed by atoms with Gasteiger partial charge in [0.2, 0.25) is 15.8 Å². The van der Waals surface area contributed by atoms with E-state index in [9.17, 15) is 18.0 Å². The van der Waals surface area contributed by atoms with Gasteiger partial charge in [-0.05, 0) is 82.0 Å². The number of para-hydroxylation sites is 1. The predicted octanol–water partition coefficient (Wildman–Crippen LogP) is 6.16. The van der Waals surface area contributed by atoms with E-state index in [2.05, 4.69) is 20.9 Å². The van der Waals surface area contributed by atoms with Crippen molar-refractivity contribution in [3.63, 3.8) is 0 Å². The molecule has 0 bridgehead atoms. The zero-order valence-corrected chi connectivity index (χ0v) is 40.6. The Labute approximate surface area is 391 Å². The highest BCUT2D eigenvalue weighted by Crippen LogP contribution is 2.44. The molecular weight excluding hydrogens is 917 g/mol. The van der Waals surface area contributed by atoms with E-state index in [0.29, 0.717) is 34.4 Å². The van der Waals surface area contributed by atoms with Crippen molar-refractivity contribution >= 4 is 45.6 Å². The van der Waals surface area contributed by atoms with Gasteiger partial charge in [-0.3, -0.25) is 4.79 Å². The molecule has 6 aromatic rings. The monoisotopic (exact) mass is 970 g/mol. The molecule has 0 aliphatic rings. The van der Waals surface area contributed by atoms with E-state index in [1.165, 1.54) is 41.5 Å². The maximum atomic E-state index is 16.0. The Morgan fingerprint density at radius 3 is 1.79 bits per heavy atom. The number of rotatable bonds is 21. The summed E-state index contributed by atoms with van der Waals surface area (Å²) in [5.41, 5.74) is 8.67. The van der Waals surface area contributed by atoms with Crippen molar-refractivity contribution in [1.82, 2.24) is 35.1 Å². The van der Waals surface area contributed by atoms with Gasteiger partial charge in [0.05, 0.1) is 55.3 Å². The number of tetrazole rings is 1. The van der Waals surface area contributed by atoms with Crippen LogP contribution in [0.5, 0.6) is 17.2 Å². The maximum absolute atomic E-state index is 16.0. The van der Waals surface area contributed by atoms with E-state index in [4.69, 9.17) is 30.1 Å². The van der Waals surface area contributed by atoms with Gasteiger partial charge in [0.25, 0.3) is 5.91 Å². The van der Waals surface area contributed by atoms with Crippen molar-refractivity contribution in [3.05, 3.63) is 125 Å². The largest absolute Gasteiger partial charge is 0.497 e. The van der Waals surface area contributed by atoms with Gasteiger partial charge in [0, 0.05) is 39.8 Å². The summed E-state index contributed by atoms with van der Waals surface area (Å²) in [7, 11) is -6.74. The highest BCUT2D eigenvalue weighted by atomic mass is 32.2. The SMILES string of the molecule is COc1ccc(CN(Cc2ccc(OC)cc2)S(=O)(=O)c2c(S(=O)(=O)CC[Si](C)(C)C)ccc(-c3cccc(C(=O)NCCNC(=O)O)c3N)c2-c2nnn(Cc3ccc(OC)cc3)n2)cc1. The van der Waals surface area contributed by atoms with Crippen LogP contribution < -0.4 is 30.6 Å². The molecule has 5 aromatic carbocycles. The zero-order chi connectivity index (χ0) is 48.5. The molecular formula is C46H54N8O10S2Si. The predicted molar refractivity (Wildman–Crippen MR) is 256 cm³/mol. The van der Waals surface area contributed by atoms with Crippen molar-refractivity contribution in [2.24, 2.45) is 0 Å². The number of nitrogen functional groups attached to an aromatic ring is 1. The smallest absolute Gasteiger partial charge is 0.404 e. The molecule has 67 heavy (non-hydrogen) atoms. The van der Waals surface area contributed by atoms with Crippen LogP contribution in [0, 0.1) is 0 Å². The van der Waals surface area contributed by atoms with E-state index in [1.54, 1.807) is 92.0 Å². The molecule has 354 valence electrons. The number of ether oxygens (including phenoxy) is 3. The van der Waals surface area contributed by atoms with E-state index >= 15 is 8.42 Å². The first-order valence-electron chi connectivity index (χ1n) is 21.0. The van der Waals surface area contributed by atoms with Gasteiger partial charge in [-0.15, -0.1) is 10.2 Å². The molecule has 0 aliphatic carbocycles. The molecule has 0 saturated heterocycles. The van der Waals surface area contributed by atoms with Crippen molar-refractivity contribution in [1.29, 1.82) is 0 Å². The minimum Gasteiger partial charge on any atom is -0.497 e. The van der Waals surface area contributed by atoms with Crippen molar-refractivity contribution in [3.8, 4) is 39.8 Å². The molecule has 18 nitrogen and oxygen atoms in total. The maximum Gasteiger partial charge on any atom is 0.404 e. The van der Waals surface area contributed by atoms with Crippen LogP contribution in [0.1, 0.15) is 27.0 Å². The minimum atomic E-state index is -4.93. The van der Waals surface area contributed by atoms with Crippen LogP contribution in [0.25, 0.3) is 22.5 Å². The number of carbonyl (C=O) groups is 2. The summed E-state index contributed by atoms with van der Waals surface area (Å²) in [5, 5.41) is 27.2. The van der Waals surface area contributed by atoms with Gasteiger partial charge >= 0.3 is 6.09 Å². The van der Waals surface area contributed by atoms with Crippen LogP contribution in [0.3, 0.4) is 0 Å². The number of hydrogen-bond donors (Lipinski definition) is 4. The van der Waals surface area contributed by atoms with Crippen LogP contribution in [0.2, 0.25) is 25.7 Å². The van der Waals surface area contributed by atoms with Gasteiger partial charge in [-0.25, -0.2) is 21.6 Å². The molecule has 0 aliphatic heterocycles. The molecule has 0 radical (unpaired) electrons. The first kappa shape index (κ1) is 49.6.